The summed E-state index contributed by atoms with van der Waals surface area (Å²) in [7, 11) is 0. The quantitative estimate of drug-likeness (QED) is 0.816. The van der Waals surface area contributed by atoms with Crippen LogP contribution >= 0.6 is 23.2 Å². The van der Waals surface area contributed by atoms with Crippen molar-refractivity contribution in [3.8, 4) is 0 Å². The maximum absolute atomic E-state index is 5.97. The Morgan fingerprint density at radius 1 is 1.38 bits per heavy atom. The second-order valence-electron chi connectivity index (χ2n) is 5.10. The number of rotatable bonds is 3. The van der Waals surface area contributed by atoms with Gasteiger partial charge in [-0.2, -0.15) is 0 Å². The summed E-state index contributed by atoms with van der Waals surface area (Å²) in [5.74, 6) is 0. The first kappa shape index (κ1) is 12.0. The number of benzene rings is 1. The molecule has 2 rings (SSSR count). The van der Waals surface area contributed by atoms with Crippen LogP contribution in [0, 0.1) is 5.41 Å². The highest BCUT2D eigenvalue weighted by Crippen LogP contribution is 2.44. The minimum atomic E-state index is 0.432. The third kappa shape index (κ3) is 2.45. The molecule has 1 atom stereocenters. The minimum absolute atomic E-state index is 0.432. The maximum Gasteiger partial charge on any atom is 0.0693 e. The normalized spacial score (nSPS) is 22.1. The van der Waals surface area contributed by atoms with E-state index in [9.17, 15) is 0 Å². The Morgan fingerprint density at radius 3 is 2.31 bits per heavy atom. The van der Waals surface area contributed by atoms with Gasteiger partial charge in [-0.3, -0.25) is 0 Å². The molecule has 1 fully saturated rings. The van der Waals surface area contributed by atoms with Gasteiger partial charge >= 0.3 is 0 Å². The second-order valence-corrected chi connectivity index (χ2v) is 5.91. The molecule has 0 radical (unpaired) electrons. The molecule has 88 valence electrons. The van der Waals surface area contributed by atoms with Gasteiger partial charge in [0, 0.05) is 12.6 Å². The molecule has 0 amide bonds. The van der Waals surface area contributed by atoms with Gasteiger partial charge in [0.25, 0.3) is 0 Å². The van der Waals surface area contributed by atoms with Gasteiger partial charge in [0.2, 0.25) is 0 Å². The zero-order valence-corrected chi connectivity index (χ0v) is 11.0. The van der Waals surface area contributed by atoms with Gasteiger partial charge < -0.3 is 11.1 Å². The first-order valence-electron chi connectivity index (χ1n) is 5.37. The minimum Gasteiger partial charge on any atom is -0.396 e. The lowest BCUT2D eigenvalue weighted by Crippen LogP contribution is -2.19. The van der Waals surface area contributed by atoms with E-state index < -0.39 is 0 Å². The summed E-state index contributed by atoms with van der Waals surface area (Å²) in [4.78, 5) is 0. The fourth-order valence-corrected chi connectivity index (χ4v) is 2.33. The lowest BCUT2D eigenvalue weighted by molar-refractivity contribution is 0.542. The molecular weight excluding hydrogens is 243 g/mol. The van der Waals surface area contributed by atoms with E-state index in [4.69, 9.17) is 28.9 Å². The lowest BCUT2D eigenvalue weighted by Gasteiger charge is -2.09. The van der Waals surface area contributed by atoms with E-state index in [1.54, 1.807) is 0 Å². The standard InChI is InChI=1S/C12H16Cl2N2/c1-12(2)5-10(12)16-6-7-3-8(13)11(15)9(14)4-7/h3-4,10,16H,5-6,15H2,1-2H3. The molecule has 1 saturated carbocycles. The van der Waals surface area contributed by atoms with Gasteiger partial charge in [-0.15, -0.1) is 0 Å². The highest BCUT2D eigenvalue weighted by Gasteiger charge is 2.44. The Balaban J connectivity index is 2.00. The highest BCUT2D eigenvalue weighted by atomic mass is 35.5. The molecular formula is C12H16Cl2N2. The van der Waals surface area contributed by atoms with E-state index in [0.29, 0.717) is 27.2 Å². The lowest BCUT2D eigenvalue weighted by atomic mass is 10.1. The molecule has 1 aromatic rings. The van der Waals surface area contributed by atoms with Crippen LogP contribution in [-0.2, 0) is 6.54 Å². The molecule has 2 nitrogen and oxygen atoms in total. The Bertz CT molecular complexity index is 392. The molecule has 1 aromatic carbocycles. The van der Waals surface area contributed by atoms with Crippen LogP contribution in [0.2, 0.25) is 10.0 Å². The van der Waals surface area contributed by atoms with Crippen molar-refractivity contribution in [1.29, 1.82) is 0 Å². The van der Waals surface area contributed by atoms with Crippen LogP contribution in [0.4, 0.5) is 5.69 Å². The summed E-state index contributed by atoms with van der Waals surface area (Å²) < 4.78 is 0. The van der Waals surface area contributed by atoms with Crippen LogP contribution < -0.4 is 11.1 Å². The Hall–Kier alpha value is -0.440. The summed E-state index contributed by atoms with van der Waals surface area (Å²) in [5, 5.41) is 4.53. The highest BCUT2D eigenvalue weighted by molar-refractivity contribution is 6.38. The van der Waals surface area contributed by atoms with Crippen LogP contribution in [0.3, 0.4) is 0 Å². The van der Waals surface area contributed by atoms with Crippen LogP contribution in [-0.4, -0.2) is 6.04 Å². The zero-order valence-electron chi connectivity index (χ0n) is 9.48. The molecule has 0 saturated heterocycles. The first-order chi connectivity index (χ1) is 7.40. The van der Waals surface area contributed by atoms with Crippen LogP contribution in [0.15, 0.2) is 12.1 Å². The Labute approximate surface area is 106 Å². The van der Waals surface area contributed by atoms with Crippen molar-refractivity contribution < 1.29 is 0 Å². The van der Waals surface area contributed by atoms with Gasteiger partial charge in [0.05, 0.1) is 15.7 Å². The predicted molar refractivity (Wildman–Crippen MR) is 69.9 cm³/mol. The van der Waals surface area contributed by atoms with Crippen molar-refractivity contribution in [2.24, 2.45) is 5.41 Å². The van der Waals surface area contributed by atoms with Gasteiger partial charge in [-0.05, 0) is 29.5 Å². The van der Waals surface area contributed by atoms with Crippen LogP contribution in [0.1, 0.15) is 25.8 Å². The smallest absolute Gasteiger partial charge is 0.0693 e. The van der Waals surface area contributed by atoms with Gasteiger partial charge in [0.1, 0.15) is 0 Å². The SMILES string of the molecule is CC1(C)CC1NCc1cc(Cl)c(N)c(Cl)c1. The van der Waals surface area contributed by atoms with Crippen molar-refractivity contribution in [2.75, 3.05) is 5.73 Å². The Morgan fingerprint density at radius 2 is 1.88 bits per heavy atom. The number of nitrogen functional groups attached to an aromatic ring is 1. The van der Waals surface area contributed by atoms with Gasteiger partial charge in [-0.1, -0.05) is 37.0 Å². The number of halogens is 2. The molecule has 1 aliphatic rings. The van der Waals surface area contributed by atoms with E-state index in [1.165, 1.54) is 6.42 Å². The second kappa shape index (κ2) is 4.10. The fraction of sp³-hybridized carbons (Fsp3) is 0.500. The number of nitrogens with two attached hydrogens (primary N) is 1. The predicted octanol–water partition coefficient (Wildman–Crippen LogP) is 3.46. The van der Waals surface area contributed by atoms with E-state index >= 15 is 0 Å². The van der Waals surface area contributed by atoms with E-state index in [0.717, 1.165) is 12.1 Å². The summed E-state index contributed by atoms with van der Waals surface area (Å²) >= 11 is 11.9. The van der Waals surface area contributed by atoms with Crippen LogP contribution in [0.25, 0.3) is 0 Å². The summed E-state index contributed by atoms with van der Waals surface area (Å²) in [6, 6.07) is 4.33. The topological polar surface area (TPSA) is 38.0 Å². The molecule has 1 aliphatic carbocycles. The van der Waals surface area contributed by atoms with Crippen molar-refractivity contribution in [3.05, 3.63) is 27.7 Å². The van der Waals surface area contributed by atoms with Gasteiger partial charge in [-0.25, -0.2) is 0 Å². The molecule has 4 heteroatoms. The summed E-state index contributed by atoms with van der Waals surface area (Å²) in [6.45, 7) is 5.30. The molecule has 0 aliphatic heterocycles. The third-order valence-corrected chi connectivity index (χ3v) is 3.83. The number of nitrogens with one attached hydrogen (secondary N) is 1. The Kier molecular flexibility index (Phi) is 3.08. The third-order valence-electron chi connectivity index (χ3n) is 3.20. The molecule has 0 aromatic heterocycles. The average molecular weight is 259 g/mol. The number of hydrogen-bond acceptors (Lipinski definition) is 2. The first-order valence-corrected chi connectivity index (χ1v) is 6.12. The molecule has 1 unspecified atom stereocenters. The molecule has 3 N–H and O–H groups in total. The molecule has 0 bridgehead atoms. The molecule has 16 heavy (non-hydrogen) atoms. The molecule has 0 spiro atoms. The van der Waals surface area contributed by atoms with E-state index in [1.807, 2.05) is 12.1 Å². The molecule has 0 heterocycles. The van der Waals surface area contributed by atoms with Gasteiger partial charge in [0.15, 0.2) is 0 Å². The fourth-order valence-electron chi connectivity index (χ4n) is 1.80. The maximum atomic E-state index is 5.97. The zero-order chi connectivity index (χ0) is 11.9. The van der Waals surface area contributed by atoms with E-state index in [-0.39, 0.29) is 0 Å². The average Bonchev–Trinajstić information content (AvgIpc) is 2.80. The van der Waals surface area contributed by atoms with Crippen molar-refractivity contribution in [1.82, 2.24) is 5.32 Å². The van der Waals surface area contributed by atoms with E-state index in [2.05, 4.69) is 19.2 Å². The largest absolute Gasteiger partial charge is 0.396 e. The van der Waals surface area contributed by atoms with Crippen molar-refractivity contribution >= 4 is 28.9 Å². The summed E-state index contributed by atoms with van der Waals surface area (Å²) in [6.07, 6.45) is 1.23. The van der Waals surface area contributed by atoms with Crippen LogP contribution in [0.5, 0.6) is 0 Å². The van der Waals surface area contributed by atoms with Crippen molar-refractivity contribution in [2.45, 2.75) is 32.9 Å². The number of anilines is 1. The number of hydrogen-bond donors (Lipinski definition) is 2. The van der Waals surface area contributed by atoms with Crippen molar-refractivity contribution in [3.63, 3.8) is 0 Å². The summed E-state index contributed by atoms with van der Waals surface area (Å²) in [5.41, 5.74) is 7.64. The monoisotopic (exact) mass is 258 g/mol.